The van der Waals surface area contributed by atoms with E-state index in [2.05, 4.69) is 26.0 Å². The largest absolute Gasteiger partial charge is 0.493 e. The van der Waals surface area contributed by atoms with Crippen molar-refractivity contribution in [3.05, 3.63) is 47.5 Å². The smallest absolute Gasteiger partial charge is 0.231 e. The van der Waals surface area contributed by atoms with Gasteiger partial charge in [-0.2, -0.15) is 0 Å². The van der Waals surface area contributed by atoms with Crippen LogP contribution in [-0.2, 0) is 4.74 Å². The molecule has 0 bridgehead atoms. The van der Waals surface area contributed by atoms with E-state index < -0.39 is 0 Å². The Morgan fingerprint density at radius 2 is 1.65 bits per heavy atom. The van der Waals surface area contributed by atoms with Crippen LogP contribution < -0.4 is 18.9 Å². The lowest BCUT2D eigenvalue weighted by Gasteiger charge is -2.20. The third-order valence-electron chi connectivity index (χ3n) is 5.54. The number of fused-ring (bicyclic) bond motifs is 1. The van der Waals surface area contributed by atoms with Crippen LogP contribution in [-0.4, -0.2) is 21.0 Å². The number of ether oxygens (including phenoxy) is 5. The van der Waals surface area contributed by atoms with Crippen molar-refractivity contribution in [2.24, 2.45) is 11.8 Å². The minimum absolute atomic E-state index is 0.0135. The predicted octanol–water partition coefficient (Wildman–Crippen LogP) is 4.52. The van der Waals surface area contributed by atoms with Gasteiger partial charge in [-0.3, -0.25) is 0 Å². The van der Waals surface area contributed by atoms with Crippen LogP contribution in [0.15, 0.2) is 36.4 Å². The van der Waals surface area contributed by atoms with E-state index in [4.69, 9.17) is 23.7 Å². The molecule has 0 radical (unpaired) electrons. The fourth-order valence-corrected chi connectivity index (χ4v) is 3.92. The zero-order valence-corrected chi connectivity index (χ0v) is 15.5. The van der Waals surface area contributed by atoms with Gasteiger partial charge in [0.25, 0.3) is 0 Å². The van der Waals surface area contributed by atoms with Gasteiger partial charge in [-0.1, -0.05) is 32.0 Å². The van der Waals surface area contributed by atoms with Gasteiger partial charge in [-0.15, -0.1) is 0 Å². The van der Waals surface area contributed by atoms with Crippen molar-refractivity contribution in [2.45, 2.75) is 26.1 Å². The summed E-state index contributed by atoms with van der Waals surface area (Å²) in [4.78, 5) is 0. The second-order valence-corrected chi connectivity index (χ2v) is 6.89. The number of para-hydroxylation sites is 1. The standard InChI is InChI=1S/C21H24O5/c1-12-13(2)20(15-6-5-7-17(22-3)21(15)23-4)26-19(12)14-8-9-16-18(10-14)25-11-24-16/h5-10,12-13,19-20H,11H2,1-4H3/t12-,13-,19-,20-/m0/s1. The quantitative estimate of drug-likeness (QED) is 0.806. The van der Waals surface area contributed by atoms with Crippen molar-refractivity contribution in [2.75, 3.05) is 21.0 Å². The van der Waals surface area contributed by atoms with Gasteiger partial charge in [0.15, 0.2) is 23.0 Å². The Balaban J connectivity index is 1.67. The molecule has 0 N–H and O–H groups in total. The van der Waals surface area contributed by atoms with Gasteiger partial charge in [-0.25, -0.2) is 0 Å². The maximum absolute atomic E-state index is 6.53. The molecule has 2 aliphatic heterocycles. The third kappa shape index (κ3) is 2.67. The molecule has 0 amide bonds. The third-order valence-corrected chi connectivity index (χ3v) is 5.54. The summed E-state index contributed by atoms with van der Waals surface area (Å²) in [5.74, 6) is 3.71. The summed E-state index contributed by atoms with van der Waals surface area (Å²) in [7, 11) is 3.32. The topological polar surface area (TPSA) is 46.2 Å². The summed E-state index contributed by atoms with van der Waals surface area (Å²) in [5.41, 5.74) is 2.13. The Hall–Kier alpha value is -2.40. The molecule has 0 spiro atoms. The monoisotopic (exact) mass is 356 g/mol. The molecular formula is C21H24O5. The van der Waals surface area contributed by atoms with Crippen molar-refractivity contribution >= 4 is 0 Å². The molecule has 26 heavy (non-hydrogen) atoms. The van der Waals surface area contributed by atoms with Crippen molar-refractivity contribution in [1.29, 1.82) is 0 Å². The van der Waals surface area contributed by atoms with Crippen LogP contribution >= 0.6 is 0 Å². The Morgan fingerprint density at radius 1 is 0.885 bits per heavy atom. The fourth-order valence-electron chi connectivity index (χ4n) is 3.92. The van der Waals surface area contributed by atoms with Crippen LogP contribution in [0.1, 0.15) is 37.2 Å². The van der Waals surface area contributed by atoms with E-state index in [0.717, 1.165) is 34.1 Å². The van der Waals surface area contributed by atoms with Crippen molar-refractivity contribution < 1.29 is 23.7 Å². The van der Waals surface area contributed by atoms with Crippen molar-refractivity contribution in [3.63, 3.8) is 0 Å². The molecule has 5 heteroatoms. The lowest BCUT2D eigenvalue weighted by Crippen LogP contribution is -2.10. The van der Waals surface area contributed by atoms with E-state index in [1.807, 2.05) is 24.3 Å². The van der Waals surface area contributed by atoms with E-state index in [1.54, 1.807) is 14.2 Å². The molecule has 0 aromatic heterocycles. The van der Waals surface area contributed by atoms with Gasteiger partial charge < -0.3 is 23.7 Å². The Labute approximate surface area is 153 Å². The van der Waals surface area contributed by atoms with E-state index in [9.17, 15) is 0 Å². The van der Waals surface area contributed by atoms with Gasteiger partial charge >= 0.3 is 0 Å². The van der Waals surface area contributed by atoms with Crippen LogP contribution in [0.4, 0.5) is 0 Å². The zero-order valence-electron chi connectivity index (χ0n) is 15.5. The van der Waals surface area contributed by atoms with Gasteiger partial charge in [0.1, 0.15) is 0 Å². The molecule has 0 aliphatic carbocycles. The molecule has 1 fully saturated rings. The molecule has 2 aromatic carbocycles. The summed E-state index contributed by atoms with van der Waals surface area (Å²) >= 11 is 0. The molecule has 0 saturated carbocycles. The molecule has 2 aliphatic rings. The average molecular weight is 356 g/mol. The molecule has 5 nitrogen and oxygen atoms in total. The Kier molecular flexibility index (Phi) is 4.41. The first-order chi connectivity index (χ1) is 12.6. The molecule has 1 saturated heterocycles. The highest BCUT2D eigenvalue weighted by molar-refractivity contribution is 5.49. The van der Waals surface area contributed by atoms with Crippen LogP contribution in [0.25, 0.3) is 0 Å². The highest BCUT2D eigenvalue weighted by atomic mass is 16.7. The second kappa shape index (κ2) is 6.72. The molecule has 138 valence electrons. The first kappa shape index (κ1) is 17.0. The molecule has 0 unspecified atom stereocenters. The second-order valence-electron chi connectivity index (χ2n) is 6.89. The van der Waals surface area contributed by atoms with Gasteiger partial charge in [0.2, 0.25) is 6.79 Å². The molecule has 2 heterocycles. The lowest BCUT2D eigenvalue weighted by molar-refractivity contribution is 0.0275. The number of benzene rings is 2. The van der Waals surface area contributed by atoms with E-state index in [0.29, 0.717) is 11.8 Å². The van der Waals surface area contributed by atoms with Gasteiger partial charge in [0.05, 0.1) is 26.4 Å². The minimum Gasteiger partial charge on any atom is -0.493 e. The van der Waals surface area contributed by atoms with E-state index in [1.165, 1.54) is 0 Å². The predicted molar refractivity (Wildman–Crippen MR) is 97.0 cm³/mol. The van der Waals surface area contributed by atoms with Crippen molar-refractivity contribution in [1.82, 2.24) is 0 Å². The maximum Gasteiger partial charge on any atom is 0.231 e. The summed E-state index contributed by atoms with van der Waals surface area (Å²) in [6.45, 7) is 4.73. The van der Waals surface area contributed by atoms with Gasteiger partial charge in [0, 0.05) is 5.56 Å². The van der Waals surface area contributed by atoms with Gasteiger partial charge in [-0.05, 0) is 35.6 Å². The molecular weight excluding hydrogens is 332 g/mol. The number of hydrogen-bond acceptors (Lipinski definition) is 5. The van der Waals surface area contributed by atoms with E-state index in [-0.39, 0.29) is 19.0 Å². The van der Waals surface area contributed by atoms with E-state index >= 15 is 0 Å². The maximum atomic E-state index is 6.53. The summed E-state index contributed by atoms with van der Waals surface area (Å²) in [6, 6.07) is 12.0. The summed E-state index contributed by atoms with van der Waals surface area (Å²) in [5, 5.41) is 0. The highest BCUT2D eigenvalue weighted by Crippen LogP contribution is 2.52. The number of rotatable bonds is 4. The lowest BCUT2D eigenvalue weighted by atomic mass is 9.85. The summed E-state index contributed by atoms with van der Waals surface area (Å²) in [6.07, 6.45) is -0.0779. The fraction of sp³-hybridized carbons (Fsp3) is 0.429. The van der Waals surface area contributed by atoms with Crippen LogP contribution in [0, 0.1) is 11.8 Å². The van der Waals surface area contributed by atoms with Crippen LogP contribution in [0.5, 0.6) is 23.0 Å². The van der Waals surface area contributed by atoms with Crippen LogP contribution in [0.2, 0.25) is 0 Å². The number of hydrogen-bond donors (Lipinski definition) is 0. The molecule has 4 rings (SSSR count). The Morgan fingerprint density at radius 3 is 2.42 bits per heavy atom. The van der Waals surface area contributed by atoms with Crippen LogP contribution in [0.3, 0.4) is 0 Å². The van der Waals surface area contributed by atoms with Crippen molar-refractivity contribution in [3.8, 4) is 23.0 Å². The summed E-state index contributed by atoms with van der Waals surface area (Å²) < 4.78 is 28.5. The molecule has 2 aromatic rings. The first-order valence-corrected chi connectivity index (χ1v) is 8.90. The average Bonchev–Trinajstić information content (AvgIpc) is 3.25. The Bertz CT molecular complexity index is 803. The normalized spacial score (nSPS) is 26.8. The zero-order chi connectivity index (χ0) is 18.3. The number of methoxy groups -OCH3 is 2. The first-order valence-electron chi connectivity index (χ1n) is 8.90. The molecule has 4 atom stereocenters. The SMILES string of the molecule is COc1cccc([C@H]2O[C@H](c3ccc4c(c3)OCO4)[C@@H](C)[C@@H]2C)c1OC. The minimum atomic E-state index is -0.0644. The highest BCUT2D eigenvalue weighted by Gasteiger charge is 2.42.